The molecule has 1 heterocycles. The summed E-state index contributed by atoms with van der Waals surface area (Å²) in [7, 11) is -3.51. The summed E-state index contributed by atoms with van der Waals surface area (Å²) in [4.78, 5) is 0. The van der Waals surface area contributed by atoms with Gasteiger partial charge in [0.05, 0.1) is 6.54 Å². The molecule has 0 aliphatic carbocycles. The molecule has 5 nitrogen and oxygen atoms in total. The largest absolute Gasteiger partial charge is 0.447 e. The number of thioether (sulfide) groups is 1. The fraction of sp³-hybridized carbons (Fsp3) is 0.714. The number of unbranched alkanes of at least 4 members (excludes halogenated alkanes) is 3. The third kappa shape index (κ3) is 7.35. The molecular weight excluding hydrogens is 308 g/mol. The summed E-state index contributed by atoms with van der Waals surface area (Å²) < 4.78 is 32.0. The van der Waals surface area contributed by atoms with Crippen molar-refractivity contribution in [3.8, 4) is 0 Å². The normalized spacial score (nSPS) is 11.9. The Labute approximate surface area is 132 Å². The van der Waals surface area contributed by atoms with Gasteiger partial charge in [-0.2, -0.15) is 11.8 Å². The Morgan fingerprint density at radius 1 is 1.19 bits per heavy atom. The summed E-state index contributed by atoms with van der Waals surface area (Å²) in [6.45, 7) is 3.81. The van der Waals surface area contributed by atoms with Gasteiger partial charge in [0.15, 0.2) is 0 Å². The molecule has 0 unspecified atom stereocenters. The Morgan fingerprint density at radius 3 is 2.67 bits per heavy atom. The molecule has 0 saturated heterocycles. The molecule has 1 aromatic rings. The van der Waals surface area contributed by atoms with Gasteiger partial charge in [-0.3, -0.25) is 0 Å². The maximum absolute atomic E-state index is 12.0. The van der Waals surface area contributed by atoms with Crippen LogP contribution in [0.4, 0.5) is 0 Å². The highest BCUT2D eigenvalue weighted by Crippen LogP contribution is 2.14. The van der Waals surface area contributed by atoms with Gasteiger partial charge in [-0.05, 0) is 43.5 Å². The predicted octanol–water partition coefficient (Wildman–Crippen LogP) is 2.59. The predicted molar refractivity (Wildman–Crippen MR) is 88.1 cm³/mol. The molecule has 0 aliphatic rings. The fourth-order valence-electron chi connectivity index (χ4n) is 1.85. The molecule has 122 valence electrons. The van der Waals surface area contributed by atoms with Crippen LogP contribution in [-0.2, 0) is 16.6 Å². The molecule has 0 fully saturated rings. The standard InChI is InChI=1S/C14H26N2O3S2/c1-3-15-12-13-8-9-14(19-13)21(17,18)16-10-6-4-5-7-11-20-2/h8-9,15-16H,3-7,10-12H2,1-2H3. The van der Waals surface area contributed by atoms with Crippen molar-refractivity contribution in [2.24, 2.45) is 0 Å². The second kappa shape index (κ2) is 10.3. The summed E-state index contributed by atoms with van der Waals surface area (Å²) in [6, 6.07) is 3.20. The lowest BCUT2D eigenvalue weighted by molar-refractivity contribution is 0.401. The van der Waals surface area contributed by atoms with Gasteiger partial charge in [-0.15, -0.1) is 0 Å². The summed E-state index contributed by atoms with van der Waals surface area (Å²) in [6.07, 6.45) is 6.35. The van der Waals surface area contributed by atoms with Crippen molar-refractivity contribution in [2.75, 3.05) is 25.1 Å². The average Bonchev–Trinajstić information content (AvgIpc) is 2.94. The zero-order chi connectivity index (χ0) is 15.6. The lowest BCUT2D eigenvalue weighted by atomic mass is 10.2. The van der Waals surface area contributed by atoms with Crippen molar-refractivity contribution in [3.63, 3.8) is 0 Å². The first-order valence-corrected chi connectivity index (χ1v) is 10.3. The maximum Gasteiger partial charge on any atom is 0.273 e. The van der Waals surface area contributed by atoms with E-state index in [2.05, 4.69) is 16.3 Å². The minimum atomic E-state index is -3.51. The Hall–Kier alpha value is -0.500. The van der Waals surface area contributed by atoms with E-state index in [9.17, 15) is 8.42 Å². The van der Waals surface area contributed by atoms with Gasteiger partial charge in [0.2, 0.25) is 5.09 Å². The lowest BCUT2D eigenvalue weighted by Gasteiger charge is -2.04. The van der Waals surface area contributed by atoms with Crippen LogP contribution >= 0.6 is 11.8 Å². The van der Waals surface area contributed by atoms with E-state index in [1.165, 1.54) is 18.2 Å². The minimum absolute atomic E-state index is 0.00205. The van der Waals surface area contributed by atoms with Crippen LogP contribution in [0.15, 0.2) is 21.6 Å². The molecule has 7 heteroatoms. The summed E-state index contributed by atoms with van der Waals surface area (Å²) in [5, 5.41) is 3.09. The van der Waals surface area contributed by atoms with E-state index >= 15 is 0 Å². The third-order valence-corrected chi connectivity index (χ3v) is 5.05. The van der Waals surface area contributed by atoms with Crippen molar-refractivity contribution in [2.45, 2.75) is 44.2 Å². The molecule has 1 aromatic heterocycles. The summed E-state index contributed by atoms with van der Waals surface area (Å²) in [5.74, 6) is 1.81. The van der Waals surface area contributed by atoms with Crippen LogP contribution in [0.3, 0.4) is 0 Å². The molecule has 0 saturated carbocycles. The van der Waals surface area contributed by atoms with Crippen LogP contribution in [0.1, 0.15) is 38.4 Å². The van der Waals surface area contributed by atoms with Crippen molar-refractivity contribution in [3.05, 3.63) is 17.9 Å². The minimum Gasteiger partial charge on any atom is -0.447 e. The Kier molecular flexibility index (Phi) is 9.07. The molecule has 1 rings (SSSR count). The average molecular weight is 335 g/mol. The summed E-state index contributed by atoms with van der Waals surface area (Å²) in [5.41, 5.74) is 0. The molecule has 0 bridgehead atoms. The van der Waals surface area contributed by atoms with Crippen molar-refractivity contribution in [1.82, 2.24) is 10.0 Å². The quantitative estimate of drug-likeness (QED) is 0.575. The van der Waals surface area contributed by atoms with Crippen molar-refractivity contribution >= 4 is 21.8 Å². The smallest absolute Gasteiger partial charge is 0.273 e. The van der Waals surface area contributed by atoms with Gasteiger partial charge in [0.25, 0.3) is 10.0 Å². The molecular formula is C14H26N2O3S2. The molecule has 0 atom stereocenters. The molecule has 0 amide bonds. The molecule has 0 radical (unpaired) electrons. The van der Waals surface area contributed by atoms with E-state index in [4.69, 9.17) is 4.42 Å². The van der Waals surface area contributed by atoms with E-state index in [0.29, 0.717) is 18.8 Å². The second-order valence-electron chi connectivity index (χ2n) is 4.81. The molecule has 21 heavy (non-hydrogen) atoms. The zero-order valence-electron chi connectivity index (χ0n) is 12.9. The Morgan fingerprint density at radius 2 is 1.95 bits per heavy atom. The number of nitrogens with one attached hydrogen (secondary N) is 2. The van der Waals surface area contributed by atoms with Crippen LogP contribution in [0.5, 0.6) is 0 Å². The monoisotopic (exact) mass is 334 g/mol. The van der Waals surface area contributed by atoms with Crippen molar-refractivity contribution in [1.29, 1.82) is 0 Å². The number of hydrogen-bond acceptors (Lipinski definition) is 5. The van der Waals surface area contributed by atoms with Gasteiger partial charge < -0.3 is 9.73 Å². The van der Waals surface area contributed by atoms with Gasteiger partial charge >= 0.3 is 0 Å². The van der Waals surface area contributed by atoms with E-state index in [-0.39, 0.29) is 5.09 Å². The fourth-order valence-corrected chi connectivity index (χ4v) is 3.36. The van der Waals surface area contributed by atoms with E-state index in [1.807, 2.05) is 18.7 Å². The van der Waals surface area contributed by atoms with Crippen LogP contribution in [0, 0.1) is 0 Å². The van der Waals surface area contributed by atoms with Crippen molar-refractivity contribution < 1.29 is 12.8 Å². The van der Waals surface area contributed by atoms with Gasteiger partial charge in [-0.25, -0.2) is 13.1 Å². The molecule has 0 aromatic carbocycles. The van der Waals surface area contributed by atoms with E-state index in [1.54, 1.807) is 6.07 Å². The number of hydrogen-bond donors (Lipinski definition) is 2. The number of rotatable bonds is 12. The number of sulfonamides is 1. The van der Waals surface area contributed by atoms with Gasteiger partial charge in [0.1, 0.15) is 5.76 Å². The molecule has 2 N–H and O–H groups in total. The van der Waals surface area contributed by atoms with Crippen LogP contribution in [0.25, 0.3) is 0 Å². The SMILES string of the molecule is CCNCc1ccc(S(=O)(=O)NCCCCCCSC)o1. The third-order valence-electron chi connectivity index (χ3n) is 3.02. The van der Waals surface area contributed by atoms with E-state index in [0.717, 1.165) is 25.8 Å². The van der Waals surface area contributed by atoms with Gasteiger partial charge in [-0.1, -0.05) is 19.8 Å². The first-order valence-electron chi connectivity index (χ1n) is 7.38. The zero-order valence-corrected chi connectivity index (χ0v) is 14.5. The second-order valence-corrected chi connectivity index (χ2v) is 7.49. The Balaban J connectivity index is 2.31. The van der Waals surface area contributed by atoms with Crippen LogP contribution in [-0.4, -0.2) is 33.5 Å². The molecule has 0 spiro atoms. The first kappa shape index (κ1) is 18.5. The van der Waals surface area contributed by atoms with Crippen LogP contribution < -0.4 is 10.0 Å². The topological polar surface area (TPSA) is 71.3 Å². The highest BCUT2D eigenvalue weighted by Gasteiger charge is 2.17. The highest BCUT2D eigenvalue weighted by atomic mass is 32.2. The number of furan rings is 1. The molecule has 0 aliphatic heterocycles. The highest BCUT2D eigenvalue weighted by molar-refractivity contribution is 7.98. The summed E-state index contributed by atoms with van der Waals surface area (Å²) >= 11 is 1.85. The Bertz CT molecular complexity index is 486. The van der Waals surface area contributed by atoms with Crippen LogP contribution in [0.2, 0.25) is 0 Å². The first-order chi connectivity index (χ1) is 10.1. The maximum atomic E-state index is 12.0. The van der Waals surface area contributed by atoms with E-state index < -0.39 is 10.0 Å². The lowest BCUT2D eigenvalue weighted by Crippen LogP contribution is -2.24. The van der Waals surface area contributed by atoms with Gasteiger partial charge in [0, 0.05) is 6.54 Å².